The van der Waals surface area contributed by atoms with Crippen molar-refractivity contribution in [3.8, 4) is 17.6 Å². The van der Waals surface area contributed by atoms with E-state index in [1.807, 2.05) is 39.0 Å². The maximum absolute atomic E-state index is 12.2. The van der Waals surface area contributed by atoms with E-state index >= 15 is 0 Å². The fraction of sp³-hybridized carbons (Fsp3) is 0.370. The molecule has 1 fully saturated rings. The van der Waals surface area contributed by atoms with Gasteiger partial charge in [0.15, 0.2) is 18.1 Å². The van der Waals surface area contributed by atoms with Crippen LogP contribution >= 0.6 is 0 Å². The number of nitriles is 1. The van der Waals surface area contributed by atoms with Gasteiger partial charge in [0, 0.05) is 13.2 Å². The van der Waals surface area contributed by atoms with Gasteiger partial charge in [-0.25, -0.2) is 4.98 Å². The van der Waals surface area contributed by atoms with Gasteiger partial charge in [0.25, 0.3) is 5.91 Å². The molecule has 4 rings (SSSR count). The van der Waals surface area contributed by atoms with E-state index in [-0.39, 0.29) is 18.6 Å². The molecule has 0 bridgehead atoms. The molecule has 1 aromatic heterocycles. The monoisotopic (exact) mass is 474 g/mol. The third-order valence-electron chi connectivity index (χ3n) is 5.96. The Morgan fingerprint density at radius 1 is 1.26 bits per heavy atom. The van der Waals surface area contributed by atoms with Crippen molar-refractivity contribution in [3.63, 3.8) is 0 Å². The van der Waals surface area contributed by atoms with Gasteiger partial charge in [0.1, 0.15) is 11.9 Å². The minimum atomic E-state index is -0.214. The van der Waals surface area contributed by atoms with Crippen LogP contribution in [0.5, 0.6) is 11.5 Å². The van der Waals surface area contributed by atoms with Crippen LogP contribution in [0.1, 0.15) is 42.3 Å². The first kappa shape index (κ1) is 24.3. The molecule has 1 atom stereocenters. The Bertz CT molecular complexity index is 1240. The van der Waals surface area contributed by atoms with Gasteiger partial charge in [-0.3, -0.25) is 4.79 Å². The number of aromatic amines is 1. The molecule has 0 radical (unpaired) electrons. The summed E-state index contributed by atoms with van der Waals surface area (Å²) < 4.78 is 17.0. The van der Waals surface area contributed by atoms with Crippen molar-refractivity contribution in [3.05, 3.63) is 52.8 Å². The molecular formula is C27H30N4O4. The van der Waals surface area contributed by atoms with Crippen LogP contribution in [-0.2, 0) is 9.53 Å². The van der Waals surface area contributed by atoms with Gasteiger partial charge in [-0.05, 0) is 80.6 Å². The summed E-state index contributed by atoms with van der Waals surface area (Å²) in [6.07, 6.45) is 3.82. The van der Waals surface area contributed by atoms with E-state index in [2.05, 4.69) is 21.4 Å². The Kier molecular flexibility index (Phi) is 7.68. The number of carbonyl (C=O) groups excluding carboxylic acids is 1. The number of hydrogen-bond donors (Lipinski definition) is 2. The van der Waals surface area contributed by atoms with Gasteiger partial charge in [-0.2, -0.15) is 5.26 Å². The molecule has 8 nitrogen and oxygen atoms in total. The number of aromatic nitrogens is 2. The minimum Gasteiger partial charge on any atom is -0.490 e. The van der Waals surface area contributed by atoms with Crippen LogP contribution in [0.3, 0.4) is 0 Å². The van der Waals surface area contributed by atoms with E-state index in [0.29, 0.717) is 36.0 Å². The quantitative estimate of drug-likeness (QED) is 0.447. The summed E-state index contributed by atoms with van der Waals surface area (Å²) in [5.41, 5.74) is 5.18. The number of H-pyrrole nitrogens is 1. The average Bonchev–Trinajstić information content (AvgIpc) is 3.51. The van der Waals surface area contributed by atoms with Crippen molar-refractivity contribution < 1.29 is 19.0 Å². The van der Waals surface area contributed by atoms with Crippen LogP contribution in [-0.4, -0.2) is 48.3 Å². The number of allylic oxidation sites excluding steroid dienone is 1. The summed E-state index contributed by atoms with van der Waals surface area (Å²) in [5.74, 6) is 1.26. The lowest BCUT2D eigenvalue weighted by Crippen LogP contribution is -2.35. The summed E-state index contributed by atoms with van der Waals surface area (Å²) in [5, 5.41) is 12.6. The SMILES string of the molecule is CCOc1cc(/C=C(\C#N)c2nc3cc(C)c(C)cc3[nH]2)ccc1OCC(=O)NC[C@@H]1CCCO1. The van der Waals surface area contributed by atoms with Gasteiger partial charge in [0.05, 0.1) is 29.3 Å². The number of carbonyl (C=O) groups is 1. The smallest absolute Gasteiger partial charge is 0.258 e. The number of rotatable bonds is 9. The minimum absolute atomic E-state index is 0.0816. The Morgan fingerprint density at radius 3 is 2.83 bits per heavy atom. The van der Waals surface area contributed by atoms with Gasteiger partial charge >= 0.3 is 0 Å². The van der Waals surface area contributed by atoms with Crippen molar-refractivity contribution >= 4 is 28.6 Å². The van der Waals surface area contributed by atoms with E-state index in [4.69, 9.17) is 14.2 Å². The molecule has 1 amide bonds. The average molecular weight is 475 g/mol. The van der Waals surface area contributed by atoms with Gasteiger partial charge in [0.2, 0.25) is 0 Å². The lowest BCUT2D eigenvalue weighted by Gasteiger charge is -2.14. The van der Waals surface area contributed by atoms with E-state index in [9.17, 15) is 10.1 Å². The number of amides is 1. The van der Waals surface area contributed by atoms with E-state index in [1.54, 1.807) is 18.2 Å². The first-order valence-corrected chi connectivity index (χ1v) is 11.8. The van der Waals surface area contributed by atoms with E-state index < -0.39 is 0 Å². The molecule has 2 heterocycles. The van der Waals surface area contributed by atoms with Gasteiger partial charge < -0.3 is 24.5 Å². The highest BCUT2D eigenvalue weighted by Crippen LogP contribution is 2.30. The largest absolute Gasteiger partial charge is 0.490 e. The first-order chi connectivity index (χ1) is 17.0. The molecule has 182 valence electrons. The zero-order chi connectivity index (χ0) is 24.8. The highest BCUT2D eigenvalue weighted by atomic mass is 16.5. The Balaban J connectivity index is 1.48. The molecule has 0 aliphatic carbocycles. The molecule has 0 spiro atoms. The summed E-state index contributed by atoms with van der Waals surface area (Å²) in [4.78, 5) is 20.0. The normalized spacial score (nSPS) is 15.7. The second-order valence-electron chi connectivity index (χ2n) is 8.58. The van der Waals surface area contributed by atoms with E-state index in [0.717, 1.165) is 47.2 Å². The summed E-state index contributed by atoms with van der Waals surface area (Å²) in [6.45, 7) is 7.51. The zero-order valence-electron chi connectivity index (χ0n) is 20.3. The summed E-state index contributed by atoms with van der Waals surface area (Å²) in [6, 6.07) is 11.6. The van der Waals surface area contributed by atoms with Crippen LogP contribution in [0.25, 0.3) is 22.7 Å². The molecule has 3 aromatic rings. The Hall–Kier alpha value is -3.83. The number of fused-ring (bicyclic) bond motifs is 1. The molecule has 0 saturated carbocycles. The number of benzene rings is 2. The van der Waals surface area contributed by atoms with Crippen molar-refractivity contribution in [1.29, 1.82) is 5.26 Å². The molecule has 1 saturated heterocycles. The zero-order valence-corrected chi connectivity index (χ0v) is 20.3. The van der Waals surface area contributed by atoms with Crippen LogP contribution < -0.4 is 14.8 Å². The topological polar surface area (TPSA) is 109 Å². The Labute approximate surface area is 204 Å². The third kappa shape index (κ3) is 6.00. The number of nitrogens with zero attached hydrogens (tertiary/aromatic N) is 2. The van der Waals surface area contributed by atoms with Crippen LogP contribution in [0.15, 0.2) is 30.3 Å². The number of aryl methyl sites for hydroxylation is 2. The van der Waals surface area contributed by atoms with Crippen LogP contribution in [0.2, 0.25) is 0 Å². The second-order valence-corrected chi connectivity index (χ2v) is 8.58. The maximum atomic E-state index is 12.2. The molecule has 8 heteroatoms. The predicted octanol–water partition coefficient (Wildman–Crippen LogP) is 4.32. The molecule has 35 heavy (non-hydrogen) atoms. The van der Waals surface area contributed by atoms with Crippen molar-refractivity contribution in [1.82, 2.24) is 15.3 Å². The van der Waals surface area contributed by atoms with Crippen LogP contribution in [0.4, 0.5) is 0 Å². The fourth-order valence-electron chi connectivity index (χ4n) is 3.95. The van der Waals surface area contributed by atoms with Crippen molar-refractivity contribution in [2.24, 2.45) is 0 Å². The molecule has 1 aliphatic heterocycles. The van der Waals surface area contributed by atoms with Crippen LogP contribution in [0, 0.1) is 25.2 Å². The number of ether oxygens (including phenoxy) is 3. The number of hydrogen-bond acceptors (Lipinski definition) is 6. The van der Waals surface area contributed by atoms with Crippen molar-refractivity contribution in [2.45, 2.75) is 39.7 Å². The lowest BCUT2D eigenvalue weighted by atomic mass is 10.1. The molecule has 2 aromatic carbocycles. The highest BCUT2D eigenvalue weighted by Gasteiger charge is 2.17. The highest BCUT2D eigenvalue weighted by molar-refractivity contribution is 5.90. The molecule has 2 N–H and O–H groups in total. The number of nitrogens with one attached hydrogen (secondary N) is 2. The maximum Gasteiger partial charge on any atom is 0.258 e. The number of imidazole rings is 1. The third-order valence-corrected chi connectivity index (χ3v) is 5.96. The van der Waals surface area contributed by atoms with Crippen molar-refractivity contribution in [2.75, 3.05) is 26.4 Å². The second kappa shape index (κ2) is 11.1. The molecular weight excluding hydrogens is 444 g/mol. The Morgan fingerprint density at radius 2 is 2.09 bits per heavy atom. The van der Waals surface area contributed by atoms with Gasteiger partial charge in [-0.15, -0.1) is 0 Å². The first-order valence-electron chi connectivity index (χ1n) is 11.8. The standard InChI is InChI=1S/C27H30N4O4/c1-4-33-25-13-19(7-8-24(25)35-16-26(32)29-15-21-6-5-9-34-21)12-20(14-28)27-30-22-10-17(2)18(3)11-23(22)31-27/h7-8,10-13,21H,4-6,9,15-16H2,1-3H3,(H,29,32)(H,30,31)/b20-12+/t21-/m0/s1. The van der Waals surface area contributed by atoms with Gasteiger partial charge in [-0.1, -0.05) is 6.07 Å². The molecule has 0 unspecified atom stereocenters. The summed E-state index contributed by atoms with van der Waals surface area (Å²) >= 11 is 0. The predicted molar refractivity (Wildman–Crippen MR) is 134 cm³/mol. The van der Waals surface area contributed by atoms with E-state index in [1.165, 1.54) is 0 Å². The lowest BCUT2D eigenvalue weighted by molar-refractivity contribution is -0.123. The summed E-state index contributed by atoms with van der Waals surface area (Å²) in [7, 11) is 0. The fourth-order valence-corrected chi connectivity index (χ4v) is 3.95. The molecule has 1 aliphatic rings.